The molecule has 174 valence electrons. The second-order valence-corrected chi connectivity index (χ2v) is 9.61. The third-order valence-corrected chi connectivity index (χ3v) is 6.99. The molecule has 2 aliphatic heterocycles. The van der Waals surface area contributed by atoms with Gasteiger partial charge in [-0.3, -0.25) is 9.69 Å². The van der Waals surface area contributed by atoms with Crippen molar-refractivity contribution in [3.63, 3.8) is 0 Å². The third kappa shape index (κ3) is 4.81. The topological polar surface area (TPSA) is 50.1 Å². The fourth-order valence-electron chi connectivity index (χ4n) is 4.15. The first-order valence-corrected chi connectivity index (χ1v) is 12.3. The molecular formula is C27H28N4O2S. The van der Waals surface area contributed by atoms with Crippen molar-refractivity contribution < 1.29 is 9.53 Å². The highest BCUT2D eigenvalue weighted by molar-refractivity contribution is 8.18. The lowest BCUT2D eigenvalue weighted by atomic mass is 10.2. The largest absolute Gasteiger partial charge is 0.378 e. The van der Waals surface area contributed by atoms with Crippen LogP contribution in [0.1, 0.15) is 18.5 Å². The molecule has 1 atom stereocenters. The molecule has 0 aliphatic carbocycles. The lowest BCUT2D eigenvalue weighted by molar-refractivity contribution is -0.123. The van der Waals surface area contributed by atoms with Crippen molar-refractivity contribution in [1.82, 2.24) is 9.47 Å². The molecule has 3 heterocycles. The van der Waals surface area contributed by atoms with Gasteiger partial charge in [0.05, 0.1) is 23.2 Å². The Kier molecular flexibility index (Phi) is 6.56. The summed E-state index contributed by atoms with van der Waals surface area (Å²) < 4.78 is 7.92. The second kappa shape index (κ2) is 9.91. The monoisotopic (exact) mass is 472 g/mol. The van der Waals surface area contributed by atoms with E-state index in [-0.39, 0.29) is 12.0 Å². The van der Waals surface area contributed by atoms with E-state index in [1.165, 1.54) is 11.8 Å². The van der Waals surface area contributed by atoms with Crippen molar-refractivity contribution >= 4 is 40.3 Å². The van der Waals surface area contributed by atoms with Gasteiger partial charge in [-0.05, 0) is 79.2 Å². The van der Waals surface area contributed by atoms with Gasteiger partial charge in [-0.15, -0.1) is 0 Å². The summed E-state index contributed by atoms with van der Waals surface area (Å²) in [6.45, 7) is 1.29. The molecule has 0 bridgehead atoms. The van der Waals surface area contributed by atoms with Crippen LogP contribution >= 0.6 is 11.8 Å². The van der Waals surface area contributed by atoms with Crippen LogP contribution in [0, 0.1) is 0 Å². The third-order valence-electron chi connectivity index (χ3n) is 5.98. The minimum atomic E-state index is -0.0223. The number of carbonyl (C=O) groups excluding carboxylic acids is 1. The molecule has 0 saturated carbocycles. The highest BCUT2D eigenvalue weighted by Gasteiger charge is 2.36. The molecule has 3 aromatic rings. The normalized spacial score (nSPS) is 20.6. The van der Waals surface area contributed by atoms with Crippen LogP contribution in [0.4, 0.5) is 11.4 Å². The van der Waals surface area contributed by atoms with Crippen molar-refractivity contribution in [3.8, 4) is 5.69 Å². The first kappa shape index (κ1) is 22.5. The quantitative estimate of drug-likeness (QED) is 0.455. The average molecular weight is 473 g/mol. The molecule has 5 rings (SSSR count). The maximum Gasteiger partial charge on any atom is 0.266 e. The molecular weight excluding hydrogens is 444 g/mol. The van der Waals surface area contributed by atoms with Crippen LogP contribution in [0.3, 0.4) is 0 Å². The predicted molar refractivity (Wildman–Crippen MR) is 140 cm³/mol. The van der Waals surface area contributed by atoms with E-state index < -0.39 is 0 Å². The number of anilines is 1. The van der Waals surface area contributed by atoms with Crippen molar-refractivity contribution in [1.29, 1.82) is 0 Å². The SMILES string of the molecule is CN(C)c1ccc(-n2cccc2/C=C2\SC(=Nc3ccccc3)N(C[C@@H]3CCCO3)C2=O)cc1. The number of carbonyl (C=O) groups is 1. The summed E-state index contributed by atoms with van der Waals surface area (Å²) in [7, 11) is 4.06. The summed E-state index contributed by atoms with van der Waals surface area (Å²) >= 11 is 1.43. The van der Waals surface area contributed by atoms with Gasteiger partial charge in [-0.2, -0.15) is 0 Å². The maximum atomic E-state index is 13.5. The van der Waals surface area contributed by atoms with E-state index in [2.05, 4.69) is 33.7 Å². The van der Waals surface area contributed by atoms with Gasteiger partial charge in [0.1, 0.15) is 0 Å². The van der Waals surface area contributed by atoms with Crippen LogP contribution < -0.4 is 4.90 Å². The number of amidine groups is 1. The molecule has 2 aromatic carbocycles. The number of hydrogen-bond donors (Lipinski definition) is 0. The molecule has 0 unspecified atom stereocenters. The molecule has 2 aliphatic rings. The zero-order valence-corrected chi connectivity index (χ0v) is 20.2. The number of benzene rings is 2. The van der Waals surface area contributed by atoms with Gasteiger partial charge in [0.15, 0.2) is 5.17 Å². The van der Waals surface area contributed by atoms with E-state index in [9.17, 15) is 4.79 Å². The lowest BCUT2D eigenvalue weighted by Crippen LogP contribution is -2.36. The summed E-state index contributed by atoms with van der Waals surface area (Å²) in [4.78, 5) is 22.8. The number of aliphatic imine (C=N–C) groups is 1. The predicted octanol–water partition coefficient (Wildman–Crippen LogP) is 5.33. The zero-order valence-electron chi connectivity index (χ0n) is 19.4. The summed E-state index contributed by atoms with van der Waals surface area (Å²) in [6, 6.07) is 22.2. The van der Waals surface area contributed by atoms with E-state index in [1.54, 1.807) is 4.90 Å². The molecule has 0 spiro atoms. The Morgan fingerprint density at radius 2 is 1.88 bits per heavy atom. The zero-order chi connectivity index (χ0) is 23.5. The van der Waals surface area contributed by atoms with E-state index in [4.69, 9.17) is 9.73 Å². The van der Waals surface area contributed by atoms with Gasteiger partial charge >= 0.3 is 0 Å². The Bertz CT molecular complexity index is 1210. The van der Waals surface area contributed by atoms with E-state index >= 15 is 0 Å². The molecule has 0 N–H and O–H groups in total. The number of amides is 1. The smallest absolute Gasteiger partial charge is 0.266 e. The minimum absolute atomic E-state index is 0.0223. The number of nitrogens with zero attached hydrogens (tertiary/aromatic N) is 4. The van der Waals surface area contributed by atoms with Gasteiger partial charge in [0.25, 0.3) is 5.91 Å². The van der Waals surface area contributed by atoms with Crippen molar-refractivity contribution in [2.24, 2.45) is 4.99 Å². The standard InChI is InChI=1S/C27H28N4O2S/c1-29(2)21-12-14-22(15-13-21)30-16-6-10-23(30)18-25-26(32)31(19-24-11-7-17-33-24)27(34-25)28-20-8-4-3-5-9-20/h3-6,8-10,12-16,18,24H,7,11,17,19H2,1-2H3/b25-18-,28-27?/t24-/m0/s1. The van der Waals surface area contributed by atoms with Crippen LogP contribution in [0.25, 0.3) is 11.8 Å². The Balaban J connectivity index is 1.46. The second-order valence-electron chi connectivity index (χ2n) is 8.61. The minimum Gasteiger partial charge on any atom is -0.378 e. The first-order valence-electron chi connectivity index (χ1n) is 11.5. The molecule has 6 nitrogen and oxygen atoms in total. The van der Waals surface area contributed by atoms with Gasteiger partial charge in [-0.1, -0.05) is 18.2 Å². The Morgan fingerprint density at radius 3 is 2.59 bits per heavy atom. The Morgan fingerprint density at radius 1 is 1.09 bits per heavy atom. The van der Waals surface area contributed by atoms with Crippen LogP contribution in [0.2, 0.25) is 0 Å². The van der Waals surface area contributed by atoms with Crippen molar-refractivity contribution in [2.75, 3.05) is 32.1 Å². The number of ether oxygens (including phenoxy) is 1. The molecule has 34 heavy (non-hydrogen) atoms. The van der Waals surface area contributed by atoms with Crippen LogP contribution in [0.5, 0.6) is 0 Å². The number of thioether (sulfide) groups is 1. The van der Waals surface area contributed by atoms with Gasteiger partial charge in [0.2, 0.25) is 0 Å². The van der Waals surface area contributed by atoms with Crippen LogP contribution in [-0.2, 0) is 9.53 Å². The van der Waals surface area contributed by atoms with Crippen molar-refractivity contribution in [2.45, 2.75) is 18.9 Å². The van der Waals surface area contributed by atoms with E-state index in [1.807, 2.05) is 68.8 Å². The first-order chi connectivity index (χ1) is 16.6. The molecule has 2 fully saturated rings. The molecule has 7 heteroatoms. The fraction of sp³-hybridized carbons (Fsp3) is 0.259. The fourth-order valence-corrected chi connectivity index (χ4v) is 5.14. The maximum absolute atomic E-state index is 13.5. The van der Waals surface area contributed by atoms with Gasteiger partial charge in [-0.25, -0.2) is 4.99 Å². The summed E-state index contributed by atoms with van der Waals surface area (Å²) in [5.41, 5.74) is 3.98. The van der Waals surface area contributed by atoms with Crippen molar-refractivity contribution in [3.05, 3.63) is 83.5 Å². The van der Waals surface area contributed by atoms with Crippen LogP contribution in [-0.4, -0.2) is 53.9 Å². The highest BCUT2D eigenvalue weighted by Crippen LogP contribution is 2.35. The summed E-state index contributed by atoms with van der Waals surface area (Å²) in [5.74, 6) is -0.0223. The van der Waals surface area contributed by atoms with Gasteiger partial charge < -0.3 is 14.2 Å². The summed E-state index contributed by atoms with van der Waals surface area (Å²) in [5, 5.41) is 0.700. The Hall–Kier alpha value is -3.29. The number of aromatic nitrogens is 1. The number of para-hydroxylation sites is 1. The summed E-state index contributed by atoms with van der Waals surface area (Å²) in [6.07, 6.45) is 6.04. The number of hydrogen-bond acceptors (Lipinski definition) is 5. The molecule has 2 saturated heterocycles. The van der Waals surface area contributed by atoms with Gasteiger partial charge in [0, 0.05) is 44.0 Å². The van der Waals surface area contributed by atoms with E-state index in [0.717, 1.165) is 42.2 Å². The lowest BCUT2D eigenvalue weighted by Gasteiger charge is -2.19. The number of rotatable bonds is 6. The molecule has 1 amide bonds. The van der Waals surface area contributed by atoms with E-state index in [0.29, 0.717) is 16.6 Å². The Labute approximate surface area is 204 Å². The average Bonchev–Trinajstić information content (AvgIpc) is 3.59. The molecule has 0 radical (unpaired) electrons. The van der Waals surface area contributed by atoms with Crippen LogP contribution in [0.15, 0.2) is 82.8 Å². The molecule has 1 aromatic heterocycles. The highest BCUT2D eigenvalue weighted by atomic mass is 32.2.